The van der Waals surface area contributed by atoms with Crippen LogP contribution in [0.3, 0.4) is 0 Å². The van der Waals surface area contributed by atoms with Crippen molar-refractivity contribution in [1.29, 1.82) is 0 Å². The van der Waals surface area contributed by atoms with Gasteiger partial charge in [-0.3, -0.25) is 0 Å². The molecule has 100 valence electrons. The Morgan fingerprint density at radius 2 is 1.68 bits per heavy atom. The number of nitrogens with one attached hydrogen (secondary N) is 1. The van der Waals surface area contributed by atoms with Gasteiger partial charge in [0.15, 0.2) is 0 Å². The van der Waals surface area contributed by atoms with Crippen molar-refractivity contribution in [3.8, 4) is 17.2 Å². The number of methoxy groups -OCH3 is 2. The lowest BCUT2D eigenvalue weighted by molar-refractivity contribution is 0.406. The Morgan fingerprint density at radius 1 is 1.00 bits per heavy atom. The SMILES string of the molecule is COc1cc(Nc2ccccc2O)c(OC)cc1N. The lowest BCUT2D eigenvalue weighted by atomic mass is 10.2. The van der Waals surface area contributed by atoms with Crippen LogP contribution in [0, 0.1) is 0 Å². The van der Waals surface area contributed by atoms with E-state index >= 15 is 0 Å². The highest BCUT2D eigenvalue weighted by Gasteiger charge is 2.10. The molecule has 0 heterocycles. The highest BCUT2D eigenvalue weighted by atomic mass is 16.5. The van der Waals surface area contributed by atoms with E-state index in [1.165, 1.54) is 0 Å². The molecule has 0 aliphatic carbocycles. The van der Waals surface area contributed by atoms with E-state index in [-0.39, 0.29) is 5.75 Å². The first-order chi connectivity index (χ1) is 9.15. The molecular weight excluding hydrogens is 244 g/mol. The maximum Gasteiger partial charge on any atom is 0.144 e. The molecule has 2 aromatic rings. The Hall–Kier alpha value is -2.56. The van der Waals surface area contributed by atoms with Crippen LogP contribution >= 0.6 is 0 Å². The summed E-state index contributed by atoms with van der Waals surface area (Å²) in [7, 11) is 3.10. The topological polar surface area (TPSA) is 76.7 Å². The summed E-state index contributed by atoms with van der Waals surface area (Å²) in [6.07, 6.45) is 0. The smallest absolute Gasteiger partial charge is 0.144 e. The number of aromatic hydroxyl groups is 1. The summed E-state index contributed by atoms with van der Waals surface area (Å²) in [6.45, 7) is 0. The summed E-state index contributed by atoms with van der Waals surface area (Å²) < 4.78 is 10.4. The zero-order valence-electron chi connectivity index (χ0n) is 10.8. The third-order valence-electron chi connectivity index (χ3n) is 2.73. The first-order valence-corrected chi connectivity index (χ1v) is 5.72. The van der Waals surface area contributed by atoms with Gasteiger partial charge in [0, 0.05) is 12.1 Å². The van der Waals surface area contributed by atoms with Gasteiger partial charge < -0.3 is 25.6 Å². The number of phenols is 1. The summed E-state index contributed by atoms with van der Waals surface area (Å²) in [4.78, 5) is 0. The van der Waals surface area contributed by atoms with Gasteiger partial charge in [0.05, 0.1) is 31.3 Å². The van der Waals surface area contributed by atoms with E-state index in [9.17, 15) is 5.11 Å². The molecule has 5 heteroatoms. The molecule has 0 radical (unpaired) electrons. The van der Waals surface area contributed by atoms with Gasteiger partial charge in [-0.05, 0) is 12.1 Å². The molecule has 0 saturated heterocycles. The number of nitrogen functional groups attached to an aromatic ring is 1. The molecule has 0 aliphatic rings. The minimum atomic E-state index is 0.153. The molecule has 0 saturated carbocycles. The number of anilines is 3. The third-order valence-corrected chi connectivity index (χ3v) is 2.73. The summed E-state index contributed by atoms with van der Waals surface area (Å²) in [5.74, 6) is 1.26. The van der Waals surface area contributed by atoms with Crippen LogP contribution in [0.15, 0.2) is 36.4 Å². The van der Waals surface area contributed by atoms with Crippen molar-refractivity contribution in [1.82, 2.24) is 0 Å². The van der Waals surface area contributed by atoms with Crippen LogP contribution < -0.4 is 20.5 Å². The van der Waals surface area contributed by atoms with Crippen LogP contribution in [0.25, 0.3) is 0 Å². The second kappa shape index (κ2) is 5.39. The fourth-order valence-electron chi connectivity index (χ4n) is 1.74. The molecule has 2 aromatic carbocycles. The van der Waals surface area contributed by atoms with Crippen molar-refractivity contribution < 1.29 is 14.6 Å². The minimum Gasteiger partial charge on any atom is -0.506 e. The predicted molar refractivity (Wildman–Crippen MR) is 75.3 cm³/mol. The fourth-order valence-corrected chi connectivity index (χ4v) is 1.74. The van der Waals surface area contributed by atoms with Crippen LogP contribution in [0.2, 0.25) is 0 Å². The summed E-state index contributed by atoms with van der Waals surface area (Å²) >= 11 is 0. The molecule has 0 amide bonds. The Labute approximate surface area is 111 Å². The van der Waals surface area contributed by atoms with E-state index in [0.29, 0.717) is 28.6 Å². The Kier molecular flexibility index (Phi) is 3.66. The van der Waals surface area contributed by atoms with E-state index in [0.717, 1.165) is 0 Å². The average Bonchev–Trinajstić information content (AvgIpc) is 2.42. The van der Waals surface area contributed by atoms with Gasteiger partial charge in [0.1, 0.15) is 17.2 Å². The number of ether oxygens (including phenoxy) is 2. The number of hydrogen-bond donors (Lipinski definition) is 3. The number of nitrogens with two attached hydrogens (primary N) is 1. The molecule has 0 atom stereocenters. The molecule has 0 aromatic heterocycles. The first-order valence-electron chi connectivity index (χ1n) is 5.72. The van der Waals surface area contributed by atoms with Crippen molar-refractivity contribution >= 4 is 17.1 Å². The van der Waals surface area contributed by atoms with Crippen LogP contribution in [-0.4, -0.2) is 19.3 Å². The lowest BCUT2D eigenvalue weighted by Crippen LogP contribution is -1.99. The van der Waals surface area contributed by atoms with Crippen LogP contribution in [0.4, 0.5) is 17.1 Å². The van der Waals surface area contributed by atoms with Crippen molar-refractivity contribution in [2.24, 2.45) is 0 Å². The molecule has 5 nitrogen and oxygen atoms in total. The highest BCUT2D eigenvalue weighted by Crippen LogP contribution is 2.37. The van der Waals surface area contributed by atoms with Gasteiger partial charge in [0.25, 0.3) is 0 Å². The van der Waals surface area contributed by atoms with E-state index in [2.05, 4.69) is 5.32 Å². The van der Waals surface area contributed by atoms with Crippen LogP contribution in [-0.2, 0) is 0 Å². The Bertz CT molecular complexity index is 585. The maximum atomic E-state index is 9.76. The zero-order chi connectivity index (χ0) is 13.8. The Morgan fingerprint density at radius 3 is 2.32 bits per heavy atom. The molecule has 0 fully saturated rings. The predicted octanol–water partition coefficient (Wildman–Crippen LogP) is 2.74. The van der Waals surface area contributed by atoms with Crippen LogP contribution in [0.5, 0.6) is 17.2 Å². The van der Waals surface area contributed by atoms with Crippen LogP contribution in [0.1, 0.15) is 0 Å². The zero-order valence-corrected chi connectivity index (χ0v) is 10.8. The molecule has 19 heavy (non-hydrogen) atoms. The average molecular weight is 260 g/mol. The Balaban J connectivity index is 2.41. The van der Waals surface area contributed by atoms with Gasteiger partial charge in [-0.15, -0.1) is 0 Å². The van der Waals surface area contributed by atoms with E-state index < -0.39 is 0 Å². The molecule has 2 rings (SSSR count). The monoisotopic (exact) mass is 260 g/mol. The van der Waals surface area contributed by atoms with Crippen molar-refractivity contribution in [2.45, 2.75) is 0 Å². The normalized spacial score (nSPS) is 10.0. The number of hydrogen-bond acceptors (Lipinski definition) is 5. The third kappa shape index (κ3) is 2.65. The highest BCUT2D eigenvalue weighted by molar-refractivity contribution is 5.75. The molecular formula is C14H16N2O3. The summed E-state index contributed by atoms with van der Waals surface area (Å²) in [6, 6.07) is 10.3. The molecule has 4 N–H and O–H groups in total. The summed E-state index contributed by atoms with van der Waals surface area (Å²) in [5, 5.41) is 12.8. The molecule has 0 unspecified atom stereocenters. The van der Waals surface area contributed by atoms with Gasteiger partial charge in [0.2, 0.25) is 0 Å². The van der Waals surface area contributed by atoms with Gasteiger partial charge in [-0.25, -0.2) is 0 Å². The van der Waals surface area contributed by atoms with E-state index in [1.54, 1.807) is 44.6 Å². The minimum absolute atomic E-state index is 0.153. The standard InChI is InChI=1S/C14H16N2O3/c1-18-13-8-11(14(19-2)7-9(13)15)16-10-5-3-4-6-12(10)17/h3-8,16-17H,15H2,1-2H3. The number of para-hydroxylation sites is 2. The summed E-state index contributed by atoms with van der Waals surface area (Å²) in [5.41, 5.74) is 7.54. The maximum absolute atomic E-state index is 9.76. The second-order valence-corrected chi connectivity index (χ2v) is 3.94. The van der Waals surface area contributed by atoms with Crippen molar-refractivity contribution in [2.75, 3.05) is 25.3 Å². The van der Waals surface area contributed by atoms with E-state index in [4.69, 9.17) is 15.2 Å². The number of rotatable bonds is 4. The quantitative estimate of drug-likeness (QED) is 0.582. The lowest BCUT2D eigenvalue weighted by Gasteiger charge is -2.15. The molecule has 0 spiro atoms. The fraction of sp³-hybridized carbons (Fsp3) is 0.143. The molecule has 0 aliphatic heterocycles. The van der Waals surface area contributed by atoms with Gasteiger partial charge >= 0.3 is 0 Å². The largest absolute Gasteiger partial charge is 0.506 e. The number of benzene rings is 2. The van der Waals surface area contributed by atoms with Gasteiger partial charge in [-0.1, -0.05) is 12.1 Å². The number of phenolic OH excluding ortho intramolecular Hbond substituents is 1. The molecule has 0 bridgehead atoms. The van der Waals surface area contributed by atoms with Crippen molar-refractivity contribution in [3.05, 3.63) is 36.4 Å². The van der Waals surface area contributed by atoms with E-state index in [1.807, 2.05) is 6.07 Å². The first kappa shape index (κ1) is 12.9. The second-order valence-electron chi connectivity index (χ2n) is 3.94. The van der Waals surface area contributed by atoms with Crippen molar-refractivity contribution in [3.63, 3.8) is 0 Å². The van der Waals surface area contributed by atoms with Gasteiger partial charge in [-0.2, -0.15) is 0 Å².